The van der Waals surface area contributed by atoms with Crippen LogP contribution in [0.15, 0.2) is 12.3 Å². The Kier molecular flexibility index (Phi) is 14.6. The van der Waals surface area contributed by atoms with Crippen LogP contribution in [-0.4, -0.2) is 57.2 Å². The summed E-state index contributed by atoms with van der Waals surface area (Å²) in [6.45, 7) is 4.06. The number of carbonyl (C=O) groups is 3. The van der Waals surface area contributed by atoms with Crippen LogP contribution >= 0.6 is 0 Å². The van der Waals surface area contributed by atoms with Crippen LogP contribution in [0.3, 0.4) is 0 Å². The molecule has 0 bridgehead atoms. The van der Waals surface area contributed by atoms with Crippen molar-refractivity contribution in [3.05, 3.63) is 23.5 Å². The SMILES string of the molecule is CCCCCCCCCCS(=O)(=O)NC(=O)c1cnc(C(=O)NCC(=O)OCCCC)c(OC)c1. The average Bonchev–Trinajstić information content (AvgIpc) is 2.83. The van der Waals surface area contributed by atoms with Crippen LogP contribution in [0.5, 0.6) is 5.75 Å². The predicted octanol–water partition coefficient (Wildman–Crippen LogP) is 3.36. The zero-order valence-electron chi connectivity index (χ0n) is 21.1. The molecule has 198 valence electrons. The molecule has 0 saturated carbocycles. The summed E-state index contributed by atoms with van der Waals surface area (Å²) in [7, 11) is -2.52. The number of hydrogen-bond acceptors (Lipinski definition) is 8. The summed E-state index contributed by atoms with van der Waals surface area (Å²) < 4.78 is 36.7. The molecule has 2 N–H and O–H groups in total. The minimum atomic E-state index is -3.80. The van der Waals surface area contributed by atoms with E-state index in [2.05, 4.69) is 17.2 Å². The molecule has 1 aromatic heterocycles. The molecule has 0 aromatic carbocycles. The van der Waals surface area contributed by atoms with Gasteiger partial charge in [-0.1, -0.05) is 65.2 Å². The molecule has 1 rings (SSSR count). The first-order valence-electron chi connectivity index (χ1n) is 12.3. The number of carbonyl (C=O) groups excluding carboxylic acids is 3. The molecule has 0 spiro atoms. The largest absolute Gasteiger partial charge is 0.494 e. The number of sulfonamides is 1. The van der Waals surface area contributed by atoms with Crippen molar-refractivity contribution < 1.29 is 32.3 Å². The number of methoxy groups -OCH3 is 1. The van der Waals surface area contributed by atoms with E-state index < -0.39 is 27.8 Å². The zero-order chi connectivity index (χ0) is 26.1. The normalized spacial score (nSPS) is 11.1. The minimum Gasteiger partial charge on any atom is -0.494 e. The van der Waals surface area contributed by atoms with Gasteiger partial charge in [0.25, 0.3) is 11.8 Å². The van der Waals surface area contributed by atoms with Crippen molar-refractivity contribution in [1.29, 1.82) is 0 Å². The molecule has 35 heavy (non-hydrogen) atoms. The molecule has 0 aliphatic carbocycles. The maximum absolute atomic E-state index is 12.4. The molecule has 1 heterocycles. The monoisotopic (exact) mass is 513 g/mol. The quantitative estimate of drug-likeness (QED) is 0.225. The minimum absolute atomic E-state index is 0.0324. The van der Waals surface area contributed by atoms with E-state index >= 15 is 0 Å². The molecule has 2 amide bonds. The van der Waals surface area contributed by atoms with Crippen molar-refractivity contribution in [2.75, 3.05) is 26.0 Å². The van der Waals surface area contributed by atoms with E-state index in [1.165, 1.54) is 32.4 Å². The van der Waals surface area contributed by atoms with Gasteiger partial charge in [0.1, 0.15) is 6.54 Å². The van der Waals surface area contributed by atoms with Crippen LogP contribution in [0.25, 0.3) is 0 Å². The van der Waals surface area contributed by atoms with Gasteiger partial charge in [0.2, 0.25) is 10.0 Å². The molecule has 0 fully saturated rings. The zero-order valence-corrected chi connectivity index (χ0v) is 21.9. The molecule has 1 aromatic rings. The van der Waals surface area contributed by atoms with E-state index in [-0.39, 0.29) is 35.9 Å². The number of ether oxygens (including phenoxy) is 2. The second kappa shape index (κ2) is 16.9. The second-order valence-electron chi connectivity index (χ2n) is 8.26. The fraction of sp³-hybridized carbons (Fsp3) is 0.667. The molecule has 0 saturated heterocycles. The maximum Gasteiger partial charge on any atom is 0.325 e. The molecule has 0 aliphatic heterocycles. The number of pyridine rings is 1. The number of esters is 1. The van der Waals surface area contributed by atoms with Gasteiger partial charge >= 0.3 is 5.97 Å². The summed E-state index contributed by atoms with van der Waals surface area (Å²) in [5.41, 5.74) is -0.218. The number of aromatic nitrogens is 1. The Hall–Kier alpha value is -2.69. The van der Waals surface area contributed by atoms with Gasteiger partial charge in [-0.2, -0.15) is 0 Å². The van der Waals surface area contributed by atoms with Crippen molar-refractivity contribution in [1.82, 2.24) is 15.0 Å². The number of amides is 2. The summed E-state index contributed by atoms with van der Waals surface area (Å²) in [5, 5.41) is 2.38. The summed E-state index contributed by atoms with van der Waals surface area (Å²) >= 11 is 0. The fourth-order valence-corrected chi connectivity index (χ4v) is 4.28. The Bertz CT molecular complexity index is 920. The van der Waals surface area contributed by atoms with E-state index in [4.69, 9.17) is 9.47 Å². The van der Waals surface area contributed by atoms with Gasteiger partial charge in [-0.05, 0) is 18.9 Å². The summed E-state index contributed by atoms with van der Waals surface area (Å²) in [5.74, 6) is -2.31. The van der Waals surface area contributed by atoms with Crippen molar-refractivity contribution in [3.63, 3.8) is 0 Å². The highest BCUT2D eigenvalue weighted by Gasteiger charge is 2.21. The molecule has 0 atom stereocenters. The van der Waals surface area contributed by atoms with Crippen molar-refractivity contribution in [3.8, 4) is 5.75 Å². The van der Waals surface area contributed by atoms with Gasteiger partial charge in [-0.15, -0.1) is 0 Å². The van der Waals surface area contributed by atoms with E-state index in [1.54, 1.807) is 0 Å². The molecule has 0 aliphatic rings. The number of unbranched alkanes of at least 4 members (excludes halogenated alkanes) is 8. The average molecular weight is 514 g/mol. The number of nitrogens with one attached hydrogen (secondary N) is 2. The molecular weight excluding hydrogens is 474 g/mol. The molecule has 10 nitrogen and oxygen atoms in total. The lowest BCUT2D eigenvalue weighted by molar-refractivity contribution is -0.142. The highest BCUT2D eigenvalue weighted by molar-refractivity contribution is 7.90. The first-order chi connectivity index (χ1) is 16.7. The van der Waals surface area contributed by atoms with Crippen molar-refractivity contribution >= 4 is 27.8 Å². The fourth-order valence-electron chi connectivity index (χ4n) is 3.19. The van der Waals surface area contributed by atoms with Crippen LogP contribution in [-0.2, 0) is 19.6 Å². The number of rotatable bonds is 18. The highest BCUT2D eigenvalue weighted by atomic mass is 32.2. The first kappa shape index (κ1) is 30.3. The predicted molar refractivity (Wildman–Crippen MR) is 133 cm³/mol. The Morgan fingerprint density at radius 1 is 0.914 bits per heavy atom. The third-order valence-electron chi connectivity index (χ3n) is 5.22. The highest BCUT2D eigenvalue weighted by Crippen LogP contribution is 2.18. The van der Waals surface area contributed by atoms with E-state index in [9.17, 15) is 22.8 Å². The van der Waals surface area contributed by atoms with Gasteiger partial charge in [0.05, 0.1) is 25.0 Å². The van der Waals surface area contributed by atoms with Gasteiger partial charge in [0.15, 0.2) is 11.4 Å². The smallest absolute Gasteiger partial charge is 0.325 e. The van der Waals surface area contributed by atoms with E-state index in [0.717, 1.165) is 44.7 Å². The van der Waals surface area contributed by atoms with Gasteiger partial charge in [-0.3, -0.25) is 14.4 Å². The third kappa shape index (κ3) is 12.5. The lowest BCUT2D eigenvalue weighted by Gasteiger charge is -2.11. The van der Waals surface area contributed by atoms with Gasteiger partial charge in [0, 0.05) is 6.20 Å². The molecule has 11 heteroatoms. The van der Waals surface area contributed by atoms with Gasteiger partial charge < -0.3 is 14.8 Å². The Labute approximate surface area is 208 Å². The summed E-state index contributed by atoms with van der Waals surface area (Å²) in [6.07, 6.45) is 10.8. The lowest BCUT2D eigenvalue weighted by atomic mass is 10.1. The maximum atomic E-state index is 12.4. The number of nitrogens with zero attached hydrogens (tertiary/aromatic N) is 1. The topological polar surface area (TPSA) is 141 Å². The molecular formula is C24H39N3O7S. The number of hydrogen-bond donors (Lipinski definition) is 2. The van der Waals surface area contributed by atoms with Crippen molar-refractivity contribution in [2.45, 2.75) is 78.1 Å². The van der Waals surface area contributed by atoms with Crippen LogP contribution in [0, 0.1) is 0 Å². The molecule has 0 radical (unpaired) electrons. The van der Waals surface area contributed by atoms with E-state index in [0.29, 0.717) is 6.42 Å². The Morgan fingerprint density at radius 2 is 1.54 bits per heavy atom. The third-order valence-corrected chi connectivity index (χ3v) is 6.54. The standard InChI is InChI=1S/C24H39N3O7S/c1-4-6-8-9-10-11-12-13-15-35(31,32)27-23(29)19-16-20(33-3)22(25-17-19)24(30)26-18-21(28)34-14-7-5-2/h16-17H,4-15,18H2,1-3H3,(H,26,30)(H,27,29). The van der Waals surface area contributed by atoms with Crippen LogP contribution in [0.2, 0.25) is 0 Å². The van der Waals surface area contributed by atoms with Gasteiger partial charge in [-0.25, -0.2) is 18.1 Å². The van der Waals surface area contributed by atoms with Crippen LogP contribution in [0.4, 0.5) is 0 Å². The molecule has 0 unspecified atom stereocenters. The summed E-state index contributed by atoms with van der Waals surface area (Å²) in [6, 6.07) is 1.22. The van der Waals surface area contributed by atoms with Crippen LogP contribution < -0.4 is 14.8 Å². The van der Waals surface area contributed by atoms with Crippen LogP contribution in [0.1, 0.15) is 98.9 Å². The second-order valence-corrected chi connectivity index (χ2v) is 10.1. The Morgan fingerprint density at radius 3 is 2.17 bits per heavy atom. The first-order valence-corrected chi connectivity index (χ1v) is 13.9. The lowest BCUT2D eigenvalue weighted by Crippen LogP contribution is -2.33. The van der Waals surface area contributed by atoms with E-state index in [1.807, 2.05) is 11.6 Å². The van der Waals surface area contributed by atoms with Crippen molar-refractivity contribution in [2.24, 2.45) is 0 Å². The Balaban J connectivity index is 2.58. The summed E-state index contributed by atoms with van der Waals surface area (Å²) in [4.78, 5) is 40.4.